The monoisotopic (exact) mass is 263 g/mol. The molecule has 0 bridgehead atoms. The quantitative estimate of drug-likeness (QED) is 0.709. The summed E-state index contributed by atoms with van der Waals surface area (Å²) in [7, 11) is 0. The second-order valence-electron chi connectivity index (χ2n) is 5.15. The van der Waals surface area contributed by atoms with E-state index in [0.29, 0.717) is 18.2 Å². The van der Waals surface area contributed by atoms with Crippen LogP contribution >= 0.6 is 0 Å². The van der Waals surface area contributed by atoms with E-state index < -0.39 is 0 Å². The molecule has 2 N–H and O–H groups in total. The largest absolute Gasteiger partial charge is 0.385 e. The van der Waals surface area contributed by atoms with Crippen molar-refractivity contribution in [2.75, 3.05) is 18.4 Å². The molecule has 1 aromatic rings. The van der Waals surface area contributed by atoms with Crippen LogP contribution in [-0.2, 0) is 0 Å². The van der Waals surface area contributed by atoms with Crippen molar-refractivity contribution in [3.05, 3.63) is 24.0 Å². The number of hydrogen-bond acceptors (Lipinski definition) is 3. The fourth-order valence-electron chi connectivity index (χ4n) is 1.64. The standard InChI is InChI=1S/C15H25N3O/c1-4-5-8-16-13-7-10-17-14(11-13)15(19)18-9-6-12(2)3/h7,10-12H,4-6,8-9H2,1-3H3,(H,16,17)(H,18,19). The molecule has 0 saturated carbocycles. The molecule has 0 aromatic carbocycles. The van der Waals surface area contributed by atoms with E-state index in [-0.39, 0.29) is 5.91 Å². The van der Waals surface area contributed by atoms with Crippen LogP contribution in [0.4, 0.5) is 5.69 Å². The number of pyridine rings is 1. The molecule has 1 rings (SSSR count). The zero-order chi connectivity index (χ0) is 14.1. The third kappa shape index (κ3) is 6.22. The summed E-state index contributed by atoms with van der Waals surface area (Å²) >= 11 is 0. The fraction of sp³-hybridized carbons (Fsp3) is 0.600. The van der Waals surface area contributed by atoms with Crippen LogP contribution in [0.5, 0.6) is 0 Å². The van der Waals surface area contributed by atoms with E-state index in [4.69, 9.17) is 0 Å². The molecule has 0 saturated heterocycles. The summed E-state index contributed by atoms with van der Waals surface area (Å²) in [6.07, 6.45) is 4.94. The first kappa shape index (κ1) is 15.5. The Morgan fingerprint density at radius 3 is 2.84 bits per heavy atom. The molecular weight excluding hydrogens is 238 g/mol. The van der Waals surface area contributed by atoms with Gasteiger partial charge in [0.25, 0.3) is 5.91 Å². The molecule has 1 aromatic heterocycles. The first-order valence-corrected chi connectivity index (χ1v) is 7.11. The third-order valence-corrected chi connectivity index (χ3v) is 2.86. The minimum absolute atomic E-state index is 0.0974. The molecule has 1 amide bonds. The van der Waals surface area contributed by atoms with Gasteiger partial charge in [0.2, 0.25) is 0 Å². The Kier molecular flexibility index (Phi) is 6.93. The molecule has 0 spiro atoms. The molecule has 19 heavy (non-hydrogen) atoms. The van der Waals surface area contributed by atoms with E-state index in [1.54, 1.807) is 12.3 Å². The Morgan fingerprint density at radius 2 is 2.16 bits per heavy atom. The number of rotatable bonds is 8. The fourth-order valence-corrected chi connectivity index (χ4v) is 1.64. The summed E-state index contributed by atoms with van der Waals surface area (Å²) in [5.74, 6) is 0.495. The number of carbonyl (C=O) groups excluding carboxylic acids is 1. The highest BCUT2D eigenvalue weighted by Crippen LogP contribution is 2.08. The Bertz CT molecular complexity index is 391. The molecule has 0 aliphatic heterocycles. The smallest absolute Gasteiger partial charge is 0.269 e. The molecule has 0 aliphatic carbocycles. The van der Waals surface area contributed by atoms with Gasteiger partial charge in [0.15, 0.2) is 0 Å². The molecule has 0 aliphatic rings. The second kappa shape index (κ2) is 8.51. The molecule has 0 fully saturated rings. The molecule has 106 valence electrons. The van der Waals surface area contributed by atoms with Crippen molar-refractivity contribution >= 4 is 11.6 Å². The van der Waals surface area contributed by atoms with E-state index in [2.05, 4.69) is 36.4 Å². The van der Waals surface area contributed by atoms with Crippen molar-refractivity contribution in [3.63, 3.8) is 0 Å². The van der Waals surface area contributed by atoms with Crippen molar-refractivity contribution in [3.8, 4) is 0 Å². The van der Waals surface area contributed by atoms with Crippen molar-refractivity contribution in [1.29, 1.82) is 0 Å². The number of amides is 1. The van der Waals surface area contributed by atoms with Crippen molar-refractivity contribution < 1.29 is 4.79 Å². The maximum absolute atomic E-state index is 11.9. The van der Waals surface area contributed by atoms with Gasteiger partial charge in [-0.05, 0) is 30.9 Å². The first-order valence-electron chi connectivity index (χ1n) is 7.11. The van der Waals surface area contributed by atoms with Crippen LogP contribution in [0.3, 0.4) is 0 Å². The Labute approximate surface area is 116 Å². The molecule has 0 atom stereocenters. The molecule has 1 heterocycles. The first-order chi connectivity index (χ1) is 9.13. The summed E-state index contributed by atoms with van der Waals surface area (Å²) in [6.45, 7) is 8.06. The van der Waals surface area contributed by atoms with Crippen LogP contribution in [0, 0.1) is 5.92 Å². The van der Waals surface area contributed by atoms with Gasteiger partial charge in [-0.3, -0.25) is 9.78 Å². The molecular formula is C15H25N3O. The van der Waals surface area contributed by atoms with Crippen molar-refractivity contribution in [2.45, 2.75) is 40.0 Å². The number of hydrogen-bond donors (Lipinski definition) is 2. The highest BCUT2D eigenvalue weighted by atomic mass is 16.1. The van der Waals surface area contributed by atoms with Crippen LogP contribution in [0.25, 0.3) is 0 Å². The summed E-state index contributed by atoms with van der Waals surface area (Å²) in [4.78, 5) is 16.0. The zero-order valence-electron chi connectivity index (χ0n) is 12.2. The van der Waals surface area contributed by atoms with Crippen LogP contribution in [-0.4, -0.2) is 24.0 Å². The van der Waals surface area contributed by atoms with E-state index in [0.717, 1.165) is 31.5 Å². The highest BCUT2D eigenvalue weighted by Gasteiger charge is 2.07. The summed E-state index contributed by atoms with van der Waals surface area (Å²) in [6, 6.07) is 3.70. The van der Waals surface area contributed by atoms with E-state index in [1.807, 2.05) is 6.07 Å². The number of anilines is 1. The van der Waals surface area contributed by atoms with Crippen molar-refractivity contribution in [1.82, 2.24) is 10.3 Å². The normalized spacial score (nSPS) is 10.5. The lowest BCUT2D eigenvalue weighted by atomic mass is 10.1. The topological polar surface area (TPSA) is 54.0 Å². The molecule has 0 radical (unpaired) electrons. The highest BCUT2D eigenvalue weighted by molar-refractivity contribution is 5.93. The lowest BCUT2D eigenvalue weighted by Crippen LogP contribution is -2.26. The predicted octanol–water partition coefficient (Wildman–Crippen LogP) is 3.07. The van der Waals surface area contributed by atoms with Gasteiger partial charge in [-0.15, -0.1) is 0 Å². The van der Waals surface area contributed by atoms with Gasteiger partial charge in [-0.2, -0.15) is 0 Å². The Balaban J connectivity index is 2.48. The third-order valence-electron chi connectivity index (χ3n) is 2.86. The van der Waals surface area contributed by atoms with Gasteiger partial charge < -0.3 is 10.6 Å². The number of carbonyl (C=O) groups is 1. The van der Waals surface area contributed by atoms with Crippen LogP contribution in [0.2, 0.25) is 0 Å². The van der Waals surface area contributed by atoms with E-state index in [1.165, 1.54) is 0 Å². The number of nitrogens with zero attached hydrogens (tertiary/aromatic N) is 1. The van der Waals surface area contributed by atoms with Crippen LogP contribution < -0.4 is 10.6 Å². The van der Waals surface area contributed by atoms with Gasteiger partial charge in [0.05, 0.1) is 0 Å². The molecule has 4 nitrogen and oxygen atoms in total. The van der Waals surface area contributed by atoms with Crippen LogP contribution in [0.15, 0.2) is 18.3 Å². The van der Waals surface area contributed by atoms with Gasteiger partial charge >= 0.3 is 0 Å². The average molecular weight is 263 g/mol. The second-order valence-corrected chi connectivity index (χ2v) is 5.15. The number of nitrogens with one attached hydrogen (secondary N) is 2. The predicted molar refractivity (Wildman–Crippen MR) is 79.4 cm³/mol. The lowest BCUT2D eigenvalue weighted by molar-refractivity contribution is 0.0947. The minimum Gasteiger partial charge on any atom is -0.385 e. The summed E-state index contributed by atoms with van der Waals surface area (Å²) in [5.41, 5.74) is 1.43. The number of unbranched alkanes of at least 4 members (excludes halogenated alkanes) is 1. The lowest BCUT2D eigenvalue weighted by Gasteiger charge is -2.09. The number of aromatic nitrogens is 1. The minimum atomic E-state index is -0.0974. The maximum Gasteiger partial charge on any atom is 0.269 e. The van der Waals surface area contributed by atoms with Gasteiger partial charge in [-0.1, -0.05) is 27.2 Å². The molecule has 4 heteroatoms. The zero-order valence-corrected chi connectivity index (χ0v) is 12.2. The Hall–Kier alpha value is -1.58. The van der Waals surface area contributed by atoms with Crippen molar-refractivity contribution in [2.24, 2.45) is 5.92 Å². The van der Waals surface area contributed by atoms with E-state index >= 15 is 0 Å². The van der Waals surface area contributed by atoms with Gasteiger partial charge in [0.1, 0.15) is 5.69 Å². The van der Waals surface area contributed by atoms with E-state index in [9.17, 15) is 4.79 Å². The average Bonchev–Trinajstić information content (AvgIpc) is 2.39. The van der Waals surface area contributed by atoms with Gasteiger partial charge in [0, 0.05) is 25.0 Å². The molecule has 0 unspecified atom stereocenters. The summed E-state index contributed by atoms with van der Waals surface area (Å²) in [5, 5.41) is 6.19. The maximum atomic E-state index is 11.9. The van der Waals surface area contributed by atoms with Crippen LogP contribution in [0.1, 0.15) is 50.5 Å². The Morgan fingerprint density at radius 1 is 1.37 bits per heavy atom. The SMILES string of the molecule is CCCCNc1ccnc(C(=O)NCCC(C)C)c1. The summed E-state index contributed by atoms with van der Waals surface area (Å²) < 4.78 is 0. The van der Waals surface area contributed by atoms with Gasteiger partial charge in [-0.25, -0.2) is 0 Å².